The van der Waals surface area contributed by atoms with Crippen molar-refractivity contribution in [2.75, 3.05) is 7.05 Å². The van der Waals surface area contributed by atoms with Gasteiger partial charge in [-0.1, -0.05) is 51.1 Å². The molecule has 0 spiro atoms. The van der Waals surface area contributed by atoms with Crippen LogP contribution in [0.4, 0.5) is 0 Å². The molecule has 1 fully saturated rings. The zero-order chi connectivity index (χ0) is 16.5. The standard InChI is InChI=1S/C19H33NOSi/c1-15-13-17(21-22(6,7)19(2,3)4)14-18(20(15)5)16-11-9-8-10-12-16/h8-12,15,17-18H,13-14H2,1-7H3/t15-,17+,18-/m0/s1. The number of benzene rings is 1. The number of hydrogen-bond acceptors (Lipinski definition) is 2. The molecule has 0 unspecified atom stereocenters. The zero-order valence-corrected chi connectivity index (χ0v) is 16.4. The van der Waals surface area contributed by atoms with Gasteiger partial charge in [-0.05, 0) is 50.5 Å². The third-order valence-electron chi connectivity index (χ3n) is 5.73. The molecule has 2 rings (SSSR count). The first kappa shape index (κ1) is 17.7. The van der Waals surface area contributed by atoms with Gasteiger partial charge in [0.15, 0.2) is 8.32 Å². The fraction of sp³-hybridized carbons (Fsp3) is 0.684. The van der Waals surface area contributed by atoms with Crippen molar-refractivity contribution in [1.82, 2.24) is 4.90 Å². The molecule has 0 N–H and O–H groups in total. The smallest absolute Gasteiger partial charge is 0.192 e. The third-order valence-corrected chi connectivity index (χ3v) is 10.3. The van der Waals surface area contributed by atoms with Gasteiger partial charge in [0, 0.05) is 18.2 Å². The van der Waals surface area contributed by atoms with Crippen LogP contribution in [0, 0.1) is 0 Å². The van der Waals surface area contributed by atoms with Crippen LogP contribution in [0.15, 0.2) is 30.3 Å². The summed E-state index contributed by atoms with van der Waals surface area (Å²) >= 11 is 0. The van der Waals surface area contributed by atoms with Crippen LogP contribution >= 0.6 is 0 Å². The maximum atomic E-state index is 6.73. The Labute approximate surface area is 138 Å². The van der Waals surface area contributed by atoms with Crippen molar-refractivity contribution < 1.29 is 4.43 Å². The summed E-state index contributed by atoms with van der Waals surface area (Å²) in [6.45, 7) is 14.0. The lowest BCUT2D eigenvalue weighted by molar-refractivity contribution is 0.0280. The topological polar surface area (TPSA) is 12.5 Å². The van der Waals surface area contributed by atoms with Crippen molar-refractivity contribution in [2.24, 2.45) is 0 Å². The van der Waals surface area contributed by atoms with Crippen LogP contribution in [0.1, 0.15) is 52.1 Å². The first-order chi connectivity index (χ1) is 10.1. The Kier molecular flexibility index (Phi) is 5.20. The Morgan fingerprint density at radius 1 is 1.09 bits per heavy atom. The van der Waals surface area contributed by atoms with E-state index in [0.29, 0.717) is 18.2 Å². The van der Waals surface area contributed by atoms with E-state index in [1.807, 2.05) is 0 Å². The number of rotatable bonds is 3. The third kappa shape index (κ3) is 3.81. The van der Waals surface area contributed by atoms with Crippen molar-refractivity contribution >= 4 is 8.32 Å². The summed E-state index contributed by atoms with van der Waals surface area (Å²) in [7, 11) is 0.562. The van der Waals surface area contributed by atoms with Gasteiger partial charge in [-0.3, -0.25) is 4.90 Å². The van der Waals surface area contributed by atoms with Gasteiger partial charge >= 0.3 is 0 Å². The molecule has 3 atom stereocenters. The summed E-state index contributed by atoms with van der Waals surface area (Å²) in [5.41, 5.74) is 1.42. The molecule has 0 aliphatic carbocycles. The van der Waals surface area contributed by atoms with E-state index in [1.165, 1.54) is 5.56 Å². The van der Waals surface area contributed by atoms with E-state index in [2.05, 4.69) is 83.1 Å². The van der Waals surface area contributed by atoms with Crippen molar-refractivity contribution in [3.8, 4) is 0 Å². The molecule has 1 aromatic carbocycles. The average molecular weight is 320 g/mol. The Bertz CT molecular complexity index is 480. The first-order valence-electron chi connectivity index (χ1n) is 8.56. The first-order valence-corrected chi connectivity index (χ1v) is 11.5. The summed E-state index contributed by atoms with van der Waals surface area (Å²) in [5.74, 6) is 0. The van der Waals surface area contributed by atoms with Crippen LogP contribution in [0.5, 0.6) is 0 Å². The van der Waals surface area contributed by atoms with Crippen LogP contribution in [0.3, 0.4) is 0 Å². The minimum Gasteiger partial charge on any atom is -0.414 e. The Balaban J connectivity index is 2.15. The molecule has 1 aliphatic heterocycles. The minimum absolute atomic E-state index is 0.280. The number of piperidine rings is 1. The van der Waals surface area contributed by atoms with Gasteiger partial charge in [0.05, 0.1) is 0 Å². The van der Waals surface area contributed by atoms with Crippen molar-refractivity contribution in [3.05, 3.63) is 35.9 Å². The molecular formula is C19H33NOSi. The van der Waals surface area contributed by atoms with Crippen molar-refractivity contribution in [1.29, 1.82) is 0 Å². The normalized spacial score (nSPS) is 27.9. The summed E-state index contributed by atoms with van der Waals surface area (Å²) in [6.07, 6.45) is 2.64. The van der Waals surface area contributed by atoms with E-state index in [9.17, 15) is 0 Å². The molecule has 0 saturated carbocycles. The molecule has 2 nitrogen and oxygen atoms in total. The molecule has 1 aromatic rings. The SMILES string of the molecule is C[C@H]1C[C@@H](O[Si](C)(C)C(C)(C)C)C[C@@H](c2ccccc2)N1C. The highest BCUT2D eigenvalue weighted by Crippen LogP contribution is 2.41. The quantitative estimate of drug-likeness (QED) is 0.707. The van der Waals surface area contributed by atoms with Crippen LogP contribution in [-0.2, 0) is 4.43 Å². The lowest BCUT2D eigenvalue weighted by Crippen LogP contribution is -2.49. The lowest BCUT2D eigenvalue weighted by Gasteiger charge is -2.46. The molecule has 1 heterocycles. The second-order valence-corrected chi connectivity index (χ2v) is 13.2. The maximum Gasteiger partial charge on any atom is 0.192 e. The number of hydrogen-bond donors (Lipinski definition) is 0. The molecule has 1 saturated heterocycles. The van der Waals surface area contributed by atoms with E-state index in [0.717, 1.165) is 12.8 Å². The van der Waals surface area contributed by atoms with Gasteiger partial charge in [0.2, 0.25) is 0 Å². The fourth-order valence-electron chi connectivity index (χ4n) is 3.10. The second-order valence-electron chi connectivity index (χ2n) is 8.41. The van der Waals surface area contributed by atoms with Gasteiger partial charge in [-0.25, -0.2) is 0 Å². The van der Waals surface area contributed by atoms with E-state index in [4.69, 9.17) is 4.43 Å². The Morgan fingerprint density at radius 3 is 2.23 bits per heavy atom. The molecule has 124 valence electrons. The number of likely N-dealkylation sites (tertiary alicyclic amines) is 1. The highest BCUT2D eigenvalue weighted by Gasteiger charge is 2.41. The van der Waals surface area contributed by atoms with E-state index >= 15 is 0 Å². The summed E-state index contributed by atoms with van der Waals surface area (Å²) in [5, 5.41) is 0.280. The highest BCUT2D eigenvalue weighted by molar-refractivity contribution is 6.74. The Hall–Kier alpha value is -0.643. The zero-order valence-electron chi connectivity index (χ0n) is 15.4. The summed E-state index contributed by atoms with van der Waals surface area (Å²) in [4.78, 5) is 2.51. The molecule has 1 aliphatic rings. The molecule has 22 heavy (non-hydrogen) atoms. The fourth-order valence-corrected chi connectivity index (χ4v) is 4.48. The van der Waals surface area contributed by atoms with Gasteiger partial charge in [0.1, 0.15) is 0 Å². The van der Waals surface area contributed by atoms with Gasteiger partial charge in [-0.2, -0.15) is 0 Å². The molecular weight excluding hydrogens is 286 g/mol. The minimum atomic E-state index is -1.69. The number of nitrogens with zero attached hydrogens (tertiary/aromatic N) is 1. The summed E-state index contributed by atoms with van der Waals surface area (Å²) < 4.78 is 6.73. The van der Waals surface area contributed by atoms with Crippen molar-refractivity contribution in [2.45, 2.75) is 76.9 Å². The Morgan fingerprint density at radius 2 is 1.68 bits per heavy atom. The average Bonchev–Trinajstić information content (AvgIpc) is 2.42. The predicted octanol–water partition coefficient (Wildman–Crippen LogP) is 5.23. The van der Waals surface area contributed by atoms with Crippen LogP contribution < -0.4 is 0 Å². The monoisotopic (exact) mass is 319 g/mol. The molecule has 0 amide bonds. The van der Waals surface area contributed by atoms with Gasteiger partial charge in [0.25, 0.3) is 0 Å². The largest absolute Gasteiger partial charge is 0.414 e. The van der Waals surface area contributed by atoms with Crippen LogP contribution in [-0.4, -0.2) is 32.4 Å². The summed E-state index contributed by atoms with van der Waals surface area (Å²) in [6, 6.07) is 11.9. The van der Waals surface area contributed by atoms with Crippen molar-refractivity contribution in [3.63, 3.8) is 0 Å². The predicted molar refractivity (Wildman–Crippen MR) is 97.7 cm³/mol. The highest BCUT2D eigenvalue weighted by atomic mass is 28.4. The van der Waals surface area contributed by atoms with Crippen LogP contribution in [0.2, 0.25) is 18.1 Å². The molecule has 0 bridgehead atoms. The molecule has 0 radical (unpaired) electrons. The van der Waals surface area contributed by atoms with E-state index in [-0.39, 0.29) is 5.04 Å². The molecule has 3 heteroatoms. The lowest BCUT2D eigenvalue weighted by atomic mass is 9.90. The van der Waals surface area contributed by atoms with Gasteiger partial charge in [-0.15, -0.1) is 0 Å². The van der Waals surface area contributed by atoms with E-state index in [1.54, 1.807) is 0 Å². The maximum absolute atomic E-state index is 6.73. The van der Waals surface area contributed by atoms with Gasteiger partial charge < -0.3 is 4.43 Å². The van der Waals surface area contributed by atoms with Crippen LogP contribution in [0.25, 0.3) is 0 Å². The second kappa shape index (κ2) is 6.46. The molecule has 0 aromatic heterocycles. The van der Waals surface area contributed by atoms with E-state index < -0.39 is 8.32 Å².